The minimum Gasteiger partial charge on any atom is -0.348 e. The van der Waals surface area contributed by atoms with Crippen molar-refractivity contribution in [3.63, 3.8) is 0 Å². The second kappa shape index (κ2) is 5.06. The maximum atomic E-state index is 5.88. The van der Waals surface area contributed by atoms with Crippen molar-refractivity contribution in [1.82, 2.24) is 4.98 Å². The summed E-state index contributed by atoms with van der Waals surface area (Å²) in [5.41, 5.74) is 7.68. The standard InChI is InChI=1S/C15H25N3S/c1-15(2)6-3-8-18(9-7-15)14-17-13(11-4-5-11)12(10-16)19-14/h11H,3-10,16H2,1-2H3. The van der Waals surface area contributed by atoms with Crippen LogP contribution in [0.2, 0.25) is 0 Å². The molecular weight excluding hydrogens is 254 g/mol. The Morgan fingerprint density at radius 3 is 2.79 bits per heavy atom. The zero-order valence-corrected chi connectivity index (χ0v) is 12.9. The first kappa shape index (κ1) is 13.4. The van der Waals surface area contributed by atoms with E-state index in [2.05, 4.69) is 18.7 Å². The second-order valence-electron chi connectivity index (χ2n) is 6.79. The van der Waals surface area contributed by atoms with E-state index >= 15 is 0 Å². The number of thiazole rings is 1. The first-order chi connectivity index (χ1) is 9.09. The Kier molecular flexibility index (Phi) is 3.56. The van der Waals surface area contributed by atoms with Crippen LogP contribution in [0.15, 0.2) is 0 Å². The first-order valence-corrected chi connectivity index (χ1v) is 8.35. The highest BCUT2D eigenvalue weighted by molar-refractivity contribution is 7.15. The van der Waals surface area contributed by atoms with E-state index in [4.69, 9.17) is 10.7 Å². The van der Waals surface area contributed by atoms with E-state index in [0.29, 0.717) is 17.9 Å². The molecule has 0 spiro atoms. The summed E-state index contributed by atoms with van der Waals surface area (Å²) in [5.74, 6) is 0.715. The van der Waals surface area contributed by atoms with Gasteiger partial charge in [-0.1, -0.05) is 13.8 Å². The van der Waals surface area contributed by atoms with Crippen LogP contribution in [0.3, 0.4) is 0 Å². The molecule has 3 rings (SSSR count). The molecule has 1 aromatic heterocycles. The van der Waals surface area contributed by atoms with E-state index in [9.17, 15) is 0 Å². The van der Waals surface area contributed by atoms with Crippen LogP contribution >= 0.6 is 11.3 Å². The van der Waals surface area contributed by atoms with Gasteiger partial charge in [0.1, 0.15) is 0 Å². The van der Waals surface area contributed by atoms with Gasteiger partial charge in [0.15, 0.2) is 5.13 Å². The van der Waals surface area contributed by atoms with E-state index in [1.54, 1.807) is 0 Å². The molecule has 0 bridgehead atoms. The van der Waals surface area contributed by atoms with Crippen LogP contribution in [0.4, 0.5) is 5.13 Å². The molecule has 2 N–H and O–H groups in total. The van der Waals surface area contributed by atoms with Gasteiger partial charge >= 0.3 is 0 Å². The zero-order valence-electron chi connectivity index (χ0n) is 12.1. The number of nitrogens with two attached hydrogens (primary N) is 1. The minimum atomic E-state index is 0.488. The van der Waals surface area contributed by atoms with Crippen molar-refractivity contribution in [3.05, 3.63) is 10.6 Å². The molecule has 2 heterocycles. The minimum absolute atomic E-state index is 0.488. The lowest BCUT2D eigenvalue weighted by Crippen LogP contribution is -2.24. The van der Waals surface area contributed by atoms with Gasteiger partial charge in [-0.2, -0.15) is 0 Å². The van der Waals surface area contributed by atoms with E-state index in [1.807, 2.05) is 11.3 Å². The summed E-state index contributed by atoms with van der Waals surface area (Å²) >= 11 is 1.83. The second-order valence-corrected chi connectivity index (χ2v) is 7.85. The molecule has 106 valence electrons. The number of hydrogen-bond donors (Lipinski definition) is 1. The van der Waals surface area contributed by atoms with Gasteiger partial charge in [0.05, 0.1) is 5.69 Å². The van der Waals surface area contributed by atoms with Crippen molar-refractivity contribution in [2.24, 2.45) is 11.1 Å². The Hall–Kier alpha value is -0.610. The summed E-state index contributed by atoms with van der Waals surface area (Å²) < 4.78 is 0. The Morgan fingerprint density at radius 1 is 1.32 bits per heavy atom. The largest absolute Gasteiger partial charge is 0.348 e. The van der Waals surface area contributed by atoms with Crippen molar-refractivity contribution < 1.29 is 0 Å². The molecule has 0 aromatic carbocycles. The van der Waals surface area contributed by atoms with Crippen molar-refractivity contribution in [1.29, 1.82) is 0 Å². The number of aromatic nitrogens is 1. The highest BCUT2D eigenvalue weighted by atomic mass is 32.1. The summed E-state index contributed by atoms with van der Waals surface area (Å²) in [5, 5.41) is 1.22. The van der Waals surface area contributed by atoms with Crippen LogP contribution in [0.5, 0.6) is 0 Å². The Bertz CT molecular complexity index is 448. The average molecular weight is 279 g/mol. The quantitative estimate of drug-likeness (QED) is 0.921. The molecule has 0 amide bonds. The number of hydrogen-bond acceptors (Lipinski definition) is 4. The lowest BCUT2D eigenvalue weighted by atomic mass is 9.85. The topological polar surface area (TPSA) is 42.2 Å². The predicted molar refractivity (Wildman–Crippen MR) is 81.8 cm³/mol. The van der Waals surface area contributed by atoms with Gasteiger partial charge in [-0.3, -0.25) is 0 Å². The summed E-state index contributed by atoms with van der Waals surface area (Å²) in [4.78, 5) is 8.73. The molecule has 2 fully saturated rings. The Balaban J connectivity index is 1.78. The fourth-order valence-corrected chi connectivity index (χ4v) is 4.00. The third-order valence-corrected chi connectivity index (χ3v) is 5.63. The third-order valence-electron chi connectivity index (χ3n) is 4.48. The molecule has 2 aliphatic rings. The van der Waals surface area contributed by atoms with Crippen molar-refractivity contribution in [2.75, 3.05) is 18.0 Å². The molecule has 0 unspecified atom stereocenters. The molecule has 3 nitrogen and oxygen atoms in total. The van der Waals surface area contributed by atoms with Crippen LogP contribution in [-0.4, -0.2) is 18.1 Å². The molecule has 4 heteroatoms. The van der Waals surface area contributed by atoms with E-state index in [0.717, 1.165) is 13.1 Å². The molecule has 0 atom stereocenters. The highest BCUT2D eigenvalue weighted by Crippen LogP contribution is 2.44. The smallest absolute Gasteiger partial charge is 0.185 e. The summed E-state index contributed by atoms with van der Waals surface area (Å²) in [6.45, 7) is 7.74. The van der Waals surface area contributed by atoms with Gasteiger partial charge < -0.3 is 10.6 Å². The van der Waals surface area contributed by atoms with Crippen molar-refractivity contribution in [2.45, 2.75) is 58.4 Å². The van der Waals surface area contributed by atoms with Gasteiger partial charge in [0.2, 0.25) is 0 Å². The first-order valence-electron chi connectivity index (χ1n) is 7.54. The number of nitrogens with zero attached hydrogens (tertiary/aromatic N) is 2. The van der Waals surface area contributed by atoms with E-state index in [-0.39, 0.29) is 0 Å². The maximum absolute atomic E-state index is 5.88. The normalized spacial score (nSPS) is 23.4. The monoisotopic (exact) mass is 279 g/mol. The lowest BCUT2D eigenvalue weighted by molar-refractivity contribution is 0.325. The average Bonchev–Trinajstić information content (AvgIpc) is 3.15. The summed E-state index contributed by atoms with van der Waals surface area (Å²) in [6, 6.07) is 0. The fourth-order valence-electron chi connectivity index (χ4n) is 2.92. The number of anilines is 1. The van der Waals surface area contributed by atoms with Crippen LogP contribution in [0.25, 0.3) is 0 Å². The molecule has 1 saturated carbocycles. The van der Waals surface area contributed by atoms with Gasteiger partial charge in [0, 0.05) is 30.4 Å². The summed E-state index contributed by atoms with van der Waals surface area (Å²) in [6.07, 6.45) is 6.49. The Labute approximate surface area is 120 Å². The molecule has 0 radical (unpaired) electrons. The molecule has 1 aliphatic carbocycles. The number of rotatable bonds is 3. The van der Waals surface area contributed by atoms with Crippen LogP contribution in [0, 0.1) is 5.41 Å². The van der Waals surface area contributed by atoms with Crippen LogP contribution < -0.4 is 10.6 Å². The molecule has 1 saturated heterocycles. The molecule has 19 heavy (non-hydrogen) atoms. The van der Waals surface area contributed by atoms with E-state index < -0.39 is 0 Å². The zero-order chi connectivity index (χ0) is 13.5. The van der Waals surface area contributed by atoms with Crippen molar-refractivity contribution in [3.8, 4) is 0 Å². The summed E-state index contributed by atoms with van der Waals surface area (Å²) in [7, 11) is 0. The third kappa shape index (κ3) is 2.95. The van der Waals surface area contributed by atoms with Gasteiger partial charge in [-0.05, 0) is 37.5 Å². The van der Waals surface area contributed by atoms with Crippen molar-refractivity contribution >= 4 is 16.5 Å². The molecular formula is C15H25N3S. The Morgan fingerprint density at radius 2 is 2.11 bits per heavy atom. The van der Waals surface area contributed by atoms with Gasteiger partial charge in [-0.25, -0.2) is 4.98 Å². The lowest BCUT2D eigenvalue weighted by Gasteiger charge is -2.22. The SMILES string of the molecule is CC1(C)CCCN(c2nc(C3CC3)c(CN)s2)CC1. The van der Waals surface area contributed by atoms with Crippen LogP contribution in [-0.2, 0) is 6.54 Å². The van der Waals surface area contributed by atoms with Gasteiger partial charge in [0.25, 0.3) is 0 Å². The molecule has 1 aliphatic heterocycles. The predicted octanol–water partition coefficient (Wildman–Crippen LogP) is 3.50. The van der Waals surface area contributed by atoms with Gasteiger partial charge in [-0.15, -0.1) is 11.3 Å². The van der Waals surface area contributed by atoms with Crippen LogP contribution in [0.1, 0.15) is 62.4 Å². The molecule has 1 aromatic rings. The maximum Gasteiger partial charge on any atom is 0.185 e. The van der Waals surface area contributed by atoms with E-state index in [1.165, 1.54) is 47.8 Å². The fraction of sp³-hybridized carbons (Fsp3) is 0.800. The highest BCUT2D eigenvalue weighted by Gasteiger charge is 2.31.